The molecule has 0 bridgehead atoms. The number of amides is 2. The van der Waals surface area contributed by atoms with Crippen LogP contribution < -0.4 is 5.32 Å². The summed E-state index contributed by atoms with van der Waals surface area (Å²) in [5.74, 6) is 0.0971. The van der Waals surface area contributed by atoms with Gasteiger partial charge in [0.15, 0.2) is 0 Å². The van der Waals surface area contributed by atoms with Gasteiger partial charge in [-0.2, -0.15) is 4.31 Å². The Morgan fingerprint density at radius 3 is 2.11 bits per heavy atom. The van der Waals surface area contributed by atoms with Crippen molar-refractivity contribution >= 4 is 21.8 Å². The van der Waals surface area contributed by atoms with Gasteiger partial charge in [0.2, 0.25) is 21.8 Å². The van der Waals surface area contributed by atoms with Gasteiger partial charge >= 0.3 is 0 Å². The number of hydrogen-bond acceptors (Lipinski definition) is 4. The van der Waals surface area contributed by atoms with E-state index in [1.807, 2.05) is 39.0 Å². The fourth-order valence-electron chi connectivity index (χ4n) is 4.29. The maximum atomic E-state index is 13.5. The molecular weight excluding hydrogens is 462 g/mol. The van der Waals surface area contributed by atoms with E-state index >= 15 is 0 Å². The summed E-state index contributed by atoms with van der Waals surface area (Å²) in [4.78, 5) is 27.0. The maximum Gasteiger partial charge on any atom is 0.243 e. The minimum absolute atomic E-state index is 0.0236. The Kier molecular flexibility index (Phi) is 8.38. The van der Waals surface area contributed by atoms with E-state index in [4.69, 9.17) is 0 Å². The molecular formula is C27H37N3O4S. The number of aryl methyl sites for hydroxylation is 1. The summed E-state index contributed by atoms with van der Waals surface area (Å²) in [7, 11) is -3.92. The first kappa shape index (κ1) is 26.9. The number of benzene rings is 2. The average molecular weight is 500 g/mol. The molecule has 3 rings (SSSR count). The average Bonchev–Trinajstić information content (AvgIpc) is 2.82. The number of rotatable bonds is 7. The normalized spacial score (nSPS) is 17.1. The second-order valence-corrected chi connectivity index (χ2v) is 11.8. The third kappa shape index (κ3) is 6.11. The van der Waals surface area contributed by atoms with E-state index in [0.717, 1.165) is 16.7 Å². The lowest BCUT2D eigenvalue weighted by atomic mass is 9.98. The lowest BCUT2D eigenvalue weighted by molar-refractivity contribution is -0.134. The minimum atomic E-state index is -3.92. The number of nitrogens with one attached hydrogen (secondary N) is 1. The minimum Gasteiger partial charge on any atom is -0.351 e. The summed E-state index contributed by atoms with van der Waals surface area (Å²) in [6, 6.07) is 12.0. The van der Waals surface area contributed by atoms with Crippen LogP contribution in [0.1, 0.15) is 68.7 Å². The van der Waals surface area contributed by atoms with Gasteiger partial charge in [-0.3, -0.25) is 9.59 Å². The van der Waals surface area contributed by atoms with Gasteiger partial charge in [0.1, 0.15) is 6.04 Å². The first-order valence-corrected chi connectivity index (χ1v) is 13.6. The predicted molar refractivity (Wildman–Crippen MR) is 138 cm³/mol. The smallest absolute Gasteiger partial charge is 0.243 e. The van der Waals surface area contributed by atoms with Gasteiger partial charge in [0, 0.05) is 33.1 Å². The van der Waals surface area contributed by atoms with Crippen LogP contribution in [-0.4, -0.2) is 55.1 Å². The number of piperazine rings is 1. The van der Waals surface area contributed by atoms with E-state index in [1.54, 1.807) is 12.1 Å². The summed E-state index contributed by atoms with van der Waals surface area (Å²) < 4.78 is 28.3. The van der Waals surface area contributed by atoms with Crippen LogP contribution in [0.2, 0.25) is 0 Å². The van der Waals surface area contributed by atoms with Crippen molar-refractivity contribution in [1.29, 1.82) is 0 Å². The highest BCUT2D eigenvalue weighted by Gasteiger charge is 2.40. The predicted octanol–water partition coefficient (Wildman–Crippen LogP) is 3.78. The molecule has 0 aromatic heterocycles. The first-order valence-electron chi connectivity index (χ1n) is 12.2. The molecule has 7 nitrogen and oxygen atoms in total. The van der Waals surface area contributed by atoms with Gasteiger partial charge in [-0.05, 0) is 53.1 Å². The van der Waals surface area contributed by atoms with Crippen LogP contribution in [0.5, 0.6) is 0 Å². The molecule has 2 aromatic carbocycles. The molecule has 0 unspecified atom stereocenters. The van der Waals surface area contributed by atoms with E-state index in [-0.39, 0.29) is 42.9 Å². The van der Waals surface area contributed by atoms with Gasteiger partial charge < -0.3 is 10.2 Å². The molecule has 1 aliphatic heterocycles. The summed E-state index contributed by atoms with van der Waals surface area (Å²) in [5.41, 5.74) is 4.31. The SMILES string of the molecule is CC(=O)N1CCN(S(=O)(=O)c2ccc(C(C)C)cc2)[C@@H](C(=O)NCc2ccc(C(C)C)cc2C)C1. The van der Waals surface area contributed by atoms with Crippen LogP contribution in [0.25, 0.3) is 0 Å². The van der Waals surface area contributed by atoms with Gasteiger partial charge in [0.05, 0.1) is 4.90 Å². The molecule has 8 heteroatoms. The fourth-order valence-corrected chi connectivity index (χ4v) is 5.86. The molecule has 0 aliphatic carbocycles. The van der Waals surface area contributed by atoms with E-state index < -0.39 is 22.0 Å². The number of carbonyl (C=O) groups is 2. The van der Waals surface area contributed by atoms with Gasteiger partial charge in [-0.15, -0.1) is 0 Å². The zero-order valence-electron chi connectivity index (χ0n) is 21.5. The molecule has 0 spiro atoms. The molecule has 0 radical (unpaired) electrons. The molecule has 190 valence electrons. The van der Waals surface area contributed by atoms with Crippen molar-refractivity contribution in [2.45, 2.75) is 70.9 Å². The quantitative estimate of drug-likeness (QED) is 0.628. The monoisotopic (exact) mass is 499 g/mol. The standard InChI is InChI=1S/C27H37N3O4S/c1-18(2)22-9-11-25(12-10-22)35(33,34)30-14-13-29(21(6)31)17-26(30)27(32)28-16-24-8-7-23(19(3)4)15-20(24)5/h7-12,15,18-19,26H,13-14,16-17H2,1-6H3,(H,28,32)/t26-/m1/s1. The highest BCUT2D eigenvalue weighted by atomic mass is 32.2. The van der Waals surface area contributed by atoms with Crippen LogP contribution in [0.4, 0.5) is 0 Å². The van der Waals surface area contributed by atoms with Crippen molar-refractivity contribution in [2.75, 3.05) is 19.6 Å². The van der Waals surface area contributed by atoms with Crippen molar-refractivity contribution < 1.29 is 18.0 Å². The molecule has 0 saturated carbocycles. The van der Waals surface area contributed by atoms with Crippen LogP contribution >= 0.6 is 0 Å². The zero-order valence-corrected chi connectivity index (χ0v) is 22.4. The van der Waals surface area contributed by atoms with Crippen molar-refractivity contribution in [1.82, 2.24) is 14.5 Å². The Morgan fingerprint density at radius 2 is 1.57 bits per heavy atom. The highest BCUT2D eigenvalue weighted by Crippen LogP contribution is 2.24. The molecule has 1 heterocycles. The van der Waals surface area contributed by atoms with Gasteiger partial charge in [-0.25, -0.2) is 8.42 Å². The van der Waals surface area contributed by atoms with Crippen LogP contribution in [0, 0.1) is 6.92 Å². The summed E-state index contributed by atoms with van der Waals surface area (Å²) >= 11 is 0. The van der Waals surface area contributed by atoms with E-state index in [1.165, 1.54) is 21.7 Å². The largest absolute Gasteiger partial charge is 0.351 e. The van der Waals surface area contributed by atoms with Crippen molar-refractivity contribution in [3.63, 3.8) is 0 Å². The van der Waals surface area contributed by atoms with Gasteiger partial charge in [0.25, 0.3) is 0 Å². The van der Waals surface area contributed by atoms with Crippen molar-refractivity contribution in [2.24, 2.45) is 0 Å². The topological polar surface area (TPSA) is 86.8 Å². The summed E-state index contributed by atoms with van der Waals surface area (Å²) in [6.45, 7) is 12.4. The second kappa shape index (κ2) is 10.9. The summed E-state index contributed by atoms with van der Waals surface area (Å²) in [5, 5.41) is 2.91. The lowest BCUT2D eigenvalue weighted by Crippen LogP contribution is -2.61. The molecule has 2 amide bonds. The van der Waals surface area contributed by atoms with Crippen molar-refractivity contribution in [3.05, 3.63) is 64.7 Å². The van der Waals surface area contributed by atoms with Crippen molar-refractivity contribution in [3.8, 4) is 0 Å². The van der Waals surface area contributed by atoms with Crippen LogP contribution in [-0.2, 0) is 26.2 Å². The third-order valence-electron chi connectivity index (χ3n) is 6.72. The summed E-state index contributed by atoms with van der Waals surface area (Å²) in [6.07, 6.45) is 0. The first-order chi connectivity index (χ1) is 16.4. The molecule has 2 aromatic rings. The molecule has 35 heavy (non-hydrogen) atoms. The molecule has 1 saturated heterocycles. The number of sulfonamides is 1. The third-order valence-corrected chi connectivity index (χ3v) is 8.64. The van der Waals surface area contributed by atoms with E-state index in [2.05, 4.69) is 31.3 Å². The Bertz CT molecular complexity index is 1170. The highest BCUT2D eigenvalue weighted by molar-refractivity contribution is 7.89. The van der Waals surface area contributed by atoms with E-state index in [0.29, 0.717) is 5.92 Å². The van der Waals surface area contributed by atoms with Crippen LogP contribution in [0.15, 0.2) is 47.4 Å². The van der Waals surface area contributed by atoms with Crippen LogP contribution in [0.3, 0.4) is 0 Å². The number of hydrogen-bond donors (Lipinski definition) is 1. The number of carbonyl (C=O) groups excluding carboxylic acids is 2. The van der Waals surface area contributed by atoms with Gasteiger partial charge in [-0.1, -0.05) is 58.0 Å². The van der Waals surface area contributed by atoms with E-state index in [9.17, 15) is 18.0 Å². The molecule has 1 atom stereocenters. The Labute approximate surface area is 209 Å². The Morgan fingerprint density at radius 1 is 0.971 bits per heavy atom. The molecule has 1 N–H and O–H groups in total. The Balaban J connectivity index is 1.83. The second-order valence-electron chi connectivity index (χ2n) is 9.88. The molecule has 1 aliphatic rings. The lowest BCUT2D eigenvalue weighted by Gasteiger charge is -2.39. The number of nitrogens with zero attached hydrogens (tertiary/aromatic N) is 2. The Hall–Kier alpha value is -2.71. The maximum absolute atomic E-state index is 13.5. The zero-order chi connectivity index (χ0) is 25.9. The fraction of sp³-hybridized carbons (Fsp3) is 0.481. The molecule has 1 fully saturated rings.